The third-order valence-corrected chi connectivity index (χ3v) is 3.78. The minimum Gasteiger partial charge on any atom is -0.381 e. The predicted octanol–water partition coefficient (Wildman–Crippen LogP) is 3.18. The van der Waals surface area contributed by atoms with Crippen LogP contribution in [0.1, 0.15) is 41.4 Å². The molecule has 0 amide bonds. The summed E-state index contributed by atoms with van der Waals surface area (Å²) in [6.45, 7) is 2.41. The average molecular weight is 344 g/mol. The molecule has 7 heteroatoms. The molecule has 3 N–H and O–H groups in total. The number of rotatable bonds is 7. The molecule has 0 spiro atoms. The number of carbonyl (C=O) groups is 1. The SMILES string of the molecule is CC(CC(=O)c1ccc(Cl)cc1)=NCCCc1[nH]nc(N)c1C#N. The molecule has 0 atom stereocenters. The molecule has 0 fully saturated rings. The van der Waals surface area contributed by atoms with Crippen LogP contribution < -0.4 is 5.73 Å². The first-order valence-corrected chi connectivity index (χ1v) is 7.90. The van der Waals surface area contributed by atoms with E-state index in [1.54, 1.807) is 24.3 Å². The van der Waals surface area contributed by atoms with Crippen molar-refractivity contribution in [1.29, 1.82) is 5.26 Å². The van der Waals surface area contributed by atoms with Crippen LogP contribution in [0.2, 0.25) is 5.02 Å². The second kappa shape index (κ2) is 8.27. The van der Waals surface area contributed by atoms with Crippen LogP contribution in [0.3, 0.4) is 0 Å². The Morgan fingerprint density at radius 2 is 2.12 bits per heavy atom. The first-order valence-electron chi connectivity index (χ1n) is 7.52. The van der Waals surface area contributed by atoms with Crippen molar-refractivity contribution >= 4 is 28.9 Å². The molecular formula is C17H18ClN5O. The van der Waals surface area contributed by atoms with Crippen molar-refractivity contribution in [2.24, 2.45) is 4.99 Å². The molecule has 0 aliphatic heterocycles. The molecule has 0 saturated heterocycles. The van der Waals surface area contributed by atoms with E-state index in [9.17, 15) is 4.79 Å². The maximum absolute atomic E-state index is 12.1. The van der Waals surface area contributed by atoms with Crippen LogP contribution in [0.25, 0.3) is 0 Å². The van der Waals surface area contributed by atoms with Crippen molar-refractivity contribution in [1.82, 2.24) is 10.2 Å². The van der Waals surface area contributed by atoms with Gasteiger partial charge in [0.05, 0.1) is 5.69 Å². The van der Waals surface area contributed by atoms with Gasteiger partial charge in [-0.3, -0.25) is 14.9 Å². The monoisotopic (exact) mass is 343 g/mol. The number of nitrogens with zero attached hydrogens (tertiary/aromatic N) is 3. The van der Waals surface area contributed by atoms with Crippen LogP contribution in [0.15, 0.2) is 29.3 Å². The van der Waals surface area contributed by atoms with E-state index in [4.69, 9.17) is 22.6 Å². The fourth-order valence-electron chi connectivity index (χ4n) is 2.25. The first kappa shape index (κ1) is 17.7. The maximum atomic E-state index is 12.1. The Hall–Kier alpha value is -2.65. The number of hydrogen-bond acceptors (Lipinski definition) is 5. The van der Waals surface area contributed by atoms with E-state index in [2.05, 4.69) is 15.2 Å². The summed E-state index contributed by atoms with van der Waals surface area (Å²) in [6.07, 6.45) is 1.65. The molecule has 0 aliphatic rings. The Balaban J connectivity index is 1.82. The van der Waals surface area contributed by atoms with Crippen molar-refractivity contribution in [3.63, 3.8) is 0 Å². The van der Waals surface area contributed by atoms with E-state index in [0.29, 0.717) is 29.1 Å². The lowest BCUT2D eigenvalue weighted by atomic mass is 10.1. The van der Waals surface area contributed by atoms with Crippen LogP contribution in [-0.4, -0.2) is 28.2 Å². The van der Waals surface area contributed by atoms with Crippen LogP contribution in [0, 0.1) is 11.3 Å². The Labute approximate surface area is 145 Å². The standard InChI is InChI=1S/C17H18ClN5O/c1-11(9-16(24)12-4-6-13(18)7-5-12)21-8-2-3-15-14(10-19)17(20)23-22-15/h4-7H,2-3,8-9H2,1H3,(H3,20,22,23). The van der Waals surface area contributed by atoms with Gasteiger partial charge in [-0.1, -0.05) is 11.6 Å². The highest BCUT2D eigenvalue weighted by Gasteiger charge is 2.10. The lowest BCUT2D eigenvalue weighted by Gasteiger charge is -2.02. The number of benzene rings is 1. The molecule has 1 heterocycles. The van der Waals surface area contributed by atoms with Crippen LogP contribution in [-0.2, 0) is 6.42 Å². The van der Waals surface area contributed by atoms with Gasteiger partial charge in [0.1, 0.15) is 11.6 Å². The van der Waals surface area contributed by atoms with Gasteiger partial charge in [-0.25, -0.2) is 0 Å². The van der Waals surface area contributed by atoms with Gasteiger partial charge in [-0.15, -0.1) is 0 Å². The Kier molecular flexibility index (Phi) is 6.10. The molecule has 2 rings (SSSR count). The molecule has 1 aromatic carbocycles. The van der Waals surface area contributed by atoms with Crippen LogP contribution >= 0.6 is 11.6 Å². The lowest BCUT2D eigenvalue weighted by Crippen LogP contribution is -2.06. The number of H-pyrrole nitrogens is 1. The third kappa shape index (κ3) is 4.67. The van der Waals surface area contributed by atoms with E-state index in [1.165, 1.54) is 0 Å². The summed E-state index contributed by atoms with van der Waals surface area (Å²) in [7, 11) is 0. The zero-order chi connectivity index (χ0) is 17.5. The smallest absolute Gasteiger partial charge is 0.168 e. The van der Waals surface area contributed by atoms with Crippen molar-refractivity contribution < 1.29 is 4.79 Å². The number of aromatic nitrogens is 2. The molecule has 2 aromatic rings. The van der Waals surface area contributed by atoms with Crippen molar-refractivity contribution in [2.75, 3.05) is 12.3 Å². The number of Topliss-reactive ketones (excluding diaryl/α,β-unsaturated/α-hetero) is 1. The average Bonchev–Trinajstić information content (AvgIpc) is 2.92. The lowest BCUT2D eigenvalue weighted by molar-refractivity contribution is 0.100. The number of aliphatic imine (C=N–C) groups is 1. The molecule has 0 aliphatic carbocycles. The molecule has 124 valence electrons. The van der Waals surface area contributed by atoms with Crippen molar-refractivity contribution in [3.8, 4) is 6.07 Å². The number of aryl methyl sites for hydroxylation is 1. The Bertz CT molecular complexity index is 786. The van der Waals surface area contributed by atoms with Gasteiger partial charge in [0.25, 0.3) is 0 Å². The summed E-state index contributed by atoms with van der Waals surface area (Å²) >= 11 is 5.81. The predicted molar refractivity (Wildman–Crippen MR) is 94.4 cm³/mol. The molecule has 0 bridgehead atoms. The van der Waals surface area contributed by atoms with Gasteiger partial charge in [0, 0.05) is 29.3 Å². The number of halogens is 1. The minimum atomic E-state index is 0.0148. The number of aromatic amines is 1. The van der Waals surface area contributed by atoms with Crippen LogP contribution in [0.5, 0.6) is 0 Å². The molecule has 6 nitrogen and oxygen atoms in total. The van der Waals surface area contributed by atoms with Gasteiger partial charge in [-0.2, -0.15) is 10.4 Å². The number of carbonyl (C=O) groups excluding carboxylic acids is 1. The number of anilines is 1. The van der Waals surface area contributed by atoms with Gasteiger partial charge in [0.2, 0.25) is 0 Å². The molecule has 0 radical (unpaired) electrons. The summed E-state index contributed by atoms with van der Waals surface area (Å²) in [4.78, 5) is 16.5. The largest absolute Gasteiger partial charge is 0.381 e. The summed E-state index contributed by atoms with van der Waals surface area (Å²) in [5.41, 5.74) is 8.11. The van der Waals surface area contributed by atoms with Gasteiger partial charge < -0.3 is 5.73 Å². The topological polar surface area (TPSA) is 108 Å². The summed E-state index contributed by atoms with van der Waals surface area (Å²) < 4.78 is 0. The molecule has 0 saturated carbocycles. The van der Waals surface area contributed by atoms with E-state index in [0.717, 1.165) is 17.8 Å². The number of nitrogen functional groups attached to an aromatic ring is 1. The molecule has 1 aromatic heterocycles. The fraction of sp³-hybridized carbons (Fsp3) is 0.294. The number of ketones is 1. The van der Waals surface area contributed by atoms with Crippen molar-refractivity contribution in [2.45, 2.75) is 26.2 Å². The highest BCUT2D eigenvalue weighted by Crippen LogP contribution is 2.14. The zero-order valence-corrected chi connectivity index (χ0v) is 14.1. The zero-order valence-electron chi connectivity index (χ0n) is 13.3. The van der Waals surface area contributed by atoms with Gasteiger partial charge >= 0.3 is 0 Å². The maximum Gasteiger partial charge on any atom is 0.168 e. The molecule has 0 unspecified atom stereocenters. The fourth-order valence-corrected chi connectivity index (χ4v) is 2.38. The number of nitriles is 1. The van der Waals surface area contributed by atoms with E-state index in [1.807, 2.05) is 13.0 Å². The first-order chi connectivity index (χ1) is 11.5. The molecule has 24 heavy (non-hydrogen) atoms. The second-order valence-corrected chi connectivity index (χ2v) is 5.84. The van der Waals surface area contributed by atoms with Crippen LogP contribution in [0.4, 0.5) is 5.82 Å². The second-order valence-electron chi connectivity index (χ2n) is 5.40. The quantitative estimate of drug-likeness (QED) is 0.457. The number of nitrogens with one attached hydrogen (secondary N) is 1. The number of hydrogen-bond donors (Lipinski definition) is 2. The summed E-state index contributed by atoms with van der Waals surface area (Å²) in [6, 6.07) is 8.85. The highest BCUT2D eigenvalue weighted by atomic mass is 35.5. The normalized spacial score (nSPS) is 11.3. The molecular weight excluding hydrogens is 326 g/mol. The van der Waals surface area contributed by atoms with Gasteiger partial charge in [-0.05, 0) is 44.0 Å². The summed E-state index contributed by atoms with van der Waals surface area (Å²) in [5.74, 6) is 0.238. The third-order valence-electron chi connectivity index (χ3n) is 3.53. The minimum absolute atomic E-state index is 0.0148. The van der Waals surface area contributed by atoms with Crippen molar-refractivity contribution in [3.05, 3.63) is 46.1 Å². The Morgan fingerprint density at radius 3 is 2.79 bits per heavy atom. The Morgan fingerprint density at radius 1 is 1.42 bits per heavy atom. The van der Waals surface area contributed by atoms with E-state index in [-0.39, 0.29) is 18.0 Å². The van der Waals surface area contributed by atoms with E-state index >= 15 is 0 Å². The number of nitrogens with two attached hydrogens (primary N) is 1. The highest BCUT2D eigenvalue weighted by molar-refractivity contribution is 6.30. The van der Waals surface area contributed by atoms with E-state index < -0.39 is 0 Å². The summed E-state index contributed by atoms with van der Waals surface area (Å²) in [5, 5.41) is 16.2. The van der Waals surface area contributed by atoms with Gasteiger partial charge in [0.15, 0.2) is 11.6 Å².